The molecule has 2 amide bonds. The Hall–Kier alpha value is -1.93. The topological polar surface area (TPSA) is 86.8 Å². The Bertz CT molecular complexity index is 1010. The van der Waals surface area contributed by atoms with Crippen LogP contribution >= 0.6 is 0 Å². The van der Waals surface area contributed by atoms with Crippen LogP contribution in [0.4, 0.5) is 0 Å². The molecule has 1 aromatic carbocycles. The average molecular weight is 488 g/mol. The van der Waals surface area contributed by atoms with Gasteiger partial charge in [0.05, 0.1) is 10.3 Å². The van der Waals surface area contributed by atoms with Crippen LogP contribution in [0.3, 0.4) is 0 Å². The zero-order chi connectivity index (χ0) is 24.1. The summed E-state index contributed by atoms with van der Waals surface area (Å²) in [6.07, 6.45) is 7.87. The molecule has 1 aromatic rings. The van der Waals surface area contributed by atoms with E-state index >= 15 is 0 Å². The molecule has 0 radical (unpaired) electrons. The van der Waals surface area contributed by atoms with Gasteiger partial charge in [-0.2, -0.15) is 0 Å². The Kier molecular flexibility index (Phi) is 6.25. The van der Waals surface area contributed by atoms with E-state index in [9.17, 15) is 18.0 Å². The van der Waals surface area contributed by atoms with E-state index in [-0.39, 0.29) is 22.3 Å². The minimum absolute atomic E-state index is 0.110. The fourth-order valence-corrected chi connectivity index (χ4v) is 8.52. The zero-order valence-electron chi connectivity index (χ0n) is 20.3. The van der Waals surface area contributed by atoms with E-state index in [4.69, 9.17) is 0 Å². The molecule has 1 N–H and O–H groups in total. The zero-order valence-corrected chi connectivity index (χ0v) is 21.1. The van der Waals surface area contributed by atoms with Crippen LogP contribution < -0.4 is 4.72 Å². The average Bonchev–Trinajstić information content (AvgIpc) is 2.82. The Morgan fingerprint density at radius 1 is 0.941 bits per heavy atom. The number of benzene rings is 1. The van der Waals surface area contributed by atoms with Gasteiger partial charge in [-0.25, -0.2) is 13.1 Å². The first-order valence-electron chi connectivity index (χ1n) is 12.9. The number of sulfonamides is 1. The SMILES string of the molecule is CCC(C)NS(=O)(=O)c1ccc(C(=O)N2CCN(C(=O)C34CC5CC(CC(C5)C3)C4)CC2)cc1. The second-order valence-electron chi connectivity index (χ2n) is 11.2. The third-order valence-electron chi connectivity index (χ3n) is 8.73. The van der Waals surface area contributed by atoms with E-state index < -0.39 is 10.0 Å². The van der Waals surface area contributed by atoms with Crippen molar-refractivity contribution in [2.24, 2.45) is 23.2 Å². The number of piperazine rings is 1. The molecule has 4 aliphatic carbocycles. The minimum atomic E-state index is -3.59. The first-order valence-corrected chi connectivity index (χ1v) is 14.4. The standard InChI is InChI=1S/C26H37N3O4S/c1-3-18(2)27-34(32,33)23-6-4-22(5-7-23)24(30)28-8-10-29(11-9-28)25(31)26-15-19-12-20(16-26)14-21(13-19)17-26/h4-7,18-21,27H,3,8-17H2,1-2H3. The predicted molar refractivity (Wildman–Crippen MR) is 130 cm³/mol. The van der Waals surface area contributed by atoms with Gasteiger partial charge in [0.2, 0.25) is 15.9 Å². The van der Waals surface area contributed by atoms with Crippen LogP contribution in [0, 0.1) is 23.2 Å². The van der Waals surface area contributed by atoms with Gasteiger partial charge < -0.3 is 9.80 Å². The summed E-state index contributed by atoms with van der Waals surface area (Å²) in [7, 11) is -3.59. The van der Waals surface area contributed by atoms with Gasteiger partial charge in [-0.1, -0.05) is 6.92 Å². The molecule has 1 saturated heterocycles. The first kappa shape index (κ1) is 23.8. The van der Waals surface area contributed by atoms with Crippen molar-refractivity contribution >= 4 is 21.8 Å². The third-order valence-corrected chi connectivity index (χ3v) is 10.3. The molecular weight excluding hydrogens is 450 g/mol. The van der Waals surface area contributed by atoms with Crippen molar-refractivity contribution in [3.05, 3.63) is 29.8 Å². The second-order valence-corrected chi connectivity index (χ2v) is 13.0. The summed E-state index contributed by atoms with van der Waals surface area (Å²) in [5.74, 6) is 2.45. The summed E-state index contributed by atoms with van der Waals surface area (Å²) in [6.45, 7) is 5.95. The van der Waals surface area contributed by atoms with Crippen molar-refractivity contribution in [1.82, 2.24) is 14.5 Å². The first-order chi connectivity index (χ1) is 16.2. The molecule has 1 atom stereocenters. The lowest BCUT2D eigenvalue weighted by Gasteiger charge is -2.57. The van der Waals surface area contributed by atoms with Gasteiger partial charge in [-0.3, -0.25) is 9.59 Å². The summed E-state index contributed by atoms with van der Waals surface area (Å²) < 4.78 is 27.6. The lowest BCUT2D eigenvalue weighted by molar-refractivity contribution is -0.159. The molecule has 34 heavy (non-hydrogen) atoms. The highest BCUT2D eigenvalue weighted by Gasteiger charge is 2.55. The van der Waals surface area contributed by atoms with Crippen molar-refractivity contribution in [1.29, 1.82) is 0 Å². The maximum atomic E-state index is 13.6. The van der Waals surface area contributed by atoms with Crippen LogP contribution in [-0.4, -0.2) is 62.3 Å². The fraction of sp³-hybridized carbons (Fsp3) is 0.692. The molecule has 0 aromatic heterocycles. The van der Waals surface area contributed by atoms with Gasteiger partial charge >= 0.3 is 0 Å². The predicted octanol–water partition coefficient (Wildman–Crippen LogP) is 3.26. The molecule has 1 aliphatic heterocycles. The van der Waals surface area contributed by atoms with Crippen molar-refractivity contribution in [3.8, 4) is 0 Å². The molecule has 6 rings (SSSR count). The molecule has 5 fully saturated rings. The molecule has 1 unspecified atom stereocenters. The molecule has 8 heteroatoms. The molecule has 1 heterocycles. The number of rotatable bonds is 6. The number of nitrogens with zero attached hydrogens (tertiary/aromatic N) is 2. The highest BCUT2D eigenvalue weighted by atomic mass is 32.2. The Balaban J connectivity index is 1.19. The molecule has 186 valence electrons. The van der Waals surface area contributed by atoms with Gasteiger partial charge in [0.25, 0.3) is 5.91 Å². The van der Waals surface area contributed by atoms with E-state index in [1.807, 2.05) is 18.7 Å². The highest BCUT2D eigenvalue weighted by Crippen LogP contribution is 2.60. The maximum Gasteiger partial charge on any atom is 0.253 e. The smallest absolute Gasteiger partial charge is 0.253 e. The molecule has 5 aliphatic rings. The quantitative estimate of drug-likeness (QED) is 0.667. The van der Waals surface area contributed by atoms with Crippen molar-refractivity contribution in [2.45, 2.75) is 69.7 Å². The van der Waals surface area contributed by atoms with Gasteiger partial charge in [0.15, 0.2) is 0 Å². The maximum absolute atomic E-state index is 13.6. The highest BCUT2D eigenvalue weighted by molar-refractivity contribution is 7.89. The van der Waals surface area contributed by atoms with Crippen LogP contribution in [0.15, 0.2) is 29.2 Å². The molecule has 4 saturated carbocycles. The van der Waals surface area contributed by atoms with E-state index in [0.717, 1.165) is 37.0 Å². The fourth-order valence-electron chi connectivity index (χ4n) is 7.20. The van der Waals surface area contributed by atoms with Crippen LogP contribution in [0.5, 0.6) is 0 Å². The molecular formula is C26H37N3O4S. The molecule has 0 spiro atoms. The van der Waals surface area contributed by atoms with Crippen LogP contribution in [-0.2, 0) is 14.8 Å². The van der Waals surface area contributed by atoms with E-state index in [0.29, 0.717) is 44.1 Å². The lowest BCUT2D eigenvalue weighted by Crippen LogP contribution is -2.58. The summed E-state index contributed by atoms with van der Waals surface area (Å²) >= 11 is 0. The number of hydrogen-bond donors (Lipinski definition) is 1. The lowest BCUT2D eigenvalue weighted by atomic mass is 9.49. The summed E-state index contributed by atoms with van der Waals surface area (Å²) in [4.78, 5) is 30.6. The van der Waals surface area contributed by atoms with Crippen molar-refractivity contribution in [2.75, 3.05) is 26.2 Å². The second kappa shape index (κ2) is 8.94. The van der Waals surface area contributed by atoms with Gasteiger partial charge in [-0.05, 0) is 93.9 Å². The number of carbonyl (C=O) groups is 2. The van der Waals surface area contributed by atoms with Crippen molar-refractivity contribution < 1.29 is 18.0 Å². The van der Waals surface area contributed by atoms with E-state index in [1.54, 1.807) is 17.0 Å². The number of carbonyl (C=O) groups excluding carboxylic acids is 2. The number of hydrogen-bond acceptors (Lipinski definition) is 4. The Labute approximate surface area is 203 Å². The van der Waals surface area contributed by atoms with Crippen LogP contribution in [0.2, 0.25) is 0 Å². The monoisotopic (exact) mass is 487 g/mol. The van der Waals surface area contributed by atoms with E-state index in [1.165, 1.54) is 31.4 Å². The molecule has 7 nitrogen and oxygen atoms in total. The summed E-state index contributed by atoms with van der Waals surface area (Å²) in [5, 5.41) is 0. The summed E-state index contributed by atoms with van der Waals surface area (Å²) in [5.41, 5.74) is 0.342. The number of nitrogens with one attached hydrogen (secondary N) is 1. The minimum Gasteiger partial charge on any atom is -0.339 e. The third kappa shape index (κ3) is 4.39. The van der Waals surface area contributed by atoms with Gasteiger partial charge in [-0.15, -0.1) is 0 Å². The largest absolute Gasteiger partial charge is 0.339 e. The van der Waals surface area contributed by atoms with Crippen molar-refractivity contribution in [3.63, 3.8) is 0 Å². The number of amides is 2. The Morgan fingerprint density at radius 3 is 1.94 bits per heavy atom. The molecule has 4 bridgehead atoms. The summed E-state index contributed by atoms with van der Waals surface area (Å²) in [6, 6.07) is 6.00. The van der Waals surface area contributed by atoms with E-state index in [2.05, 4.69) is 4.72 Å². The van der Waals surface area contributed by atoms with Crippen LogP contribution in [0.25, 0.3) is 0 Å². The normalized spacial score (nSPS) is 31.5. The Morgan fingerprint density at radius 2 is 1.44 bits per heavy atom. The van der Waals surface area contributed by atoms with Crippen LogP contribution in [0.1, 0.15) is 69.2 Å². The van der Waals surface area contributed by atoms with Gasteiger partial charge in [0.1, 0.15) is 0 Å². The van der Waals surface area contributed by atoms with Gasteiger partial charge in [0, 0.05) is 37.8 Å².